The Morgan fingerprint density at radius 3 is 1.70 bits per heavy atom. The lowest BCUT2D eigenvalue weighted by molar-refractivity contribution is -0.157. The number of aliphatic hydroxyl groups is 1. The van der Waals surface area contributed by atoms with Crippen molar-refractivity contribution in [3.05, 3.63) is 0 Å². The summed E-state index contributed by atoms with van der Waals surface area (Å²) in [6.07, 6.45) is 1.68. The van der Waals surface area contributed by atoms with Crippen molar-refractivity contribution in [1.29, 1.82) is 0 Å². The fourth-order valence-electron chi connectivity index (χ4n) is 2.76. The Bertz CT molecular complexity index is 616. The number of amides is 2. The first-order valence-corrected chi connectivity index (χ1v) is 11.7. The predicted octanol–water partition coefficient (Wildman–Crippen LogP) is 4.40. The maximum atomic E-state index is 12.6. The molecule has 1 atom stereocenters. The van der Waals surface area contributed by atoms with Gasteiger partial charge in [-0.15, -0.1) is 0 Å². The molecule has 194 valence electrons. The van der Waals surface area contributed by atoms with Gasteiger partial charge in [-0.3, -0.25) is 0 Å². The zero-order valence-corrected chi connectivity index (χ0v) is 22.1. The molecule has 0 saturated carbocycles. The second-order valence-electron chi connectivity index (χ2n) is 11.1. The van der Waals surface area contributed by atoms with Crippen LogP contribution < -0.4 is 5.32 Å². The van der Waals surface area contributed by atoms with E-state index in [1.54, 1.807) is 46.4 Å². The average Bonchev–Trinajstić information content (AvgIpc) is 2.58. The maximum Gasteiger partial charge on any atom is 0.410 e. The molecule has 33 heavy (non-hydrogen) atoms. The number of esters is 1. The molecule has 0 spiro atoms. The fraction of sp³-hybridized carbons (Fsp3) is 0.875. The molecule has 0 aromatic rings. The van der Waals surface area contributed by atoms with E-state index in [0.717, 1.165) is 0 Å². The summed E-state index contributed by atoms with van der Waals surface area (Å²) in [5.74, 6) is -0.527. The van der Waals surface area contributed by atoms with Crippen LogP contribution >= 0.6 is 0 Å². The fourth-order valence-corrected chi connectivity index (χ4v) is 2.76. The third kappa shape index (κ3) is 17.2. The van der Waals surface area contributed by atoms with Crippen LogP contribution in [0.3, 0.4) is 0 Å². The Kier molecular flexibility index (Phi) is 12.8. The average molecular weight is 475 g/mol. The van der Waals surface area contributed by atoms with Gasteiger partial charge in [-0.05, 0) is 94.4 Å². The summed E-state index contributed by atoms with van der Waals surface area (Å²) in [6, 6.07) is -0.858. The van der Waals surface area contributed by atoms with E-state index in [1.807, 2.05) is 20.8 Å². The molecule has 0 heterocycles. The van der Waals surface area contributed by atoms with Gasteiger partial charge in [-0.1, -0.05) is 0 Å². The topological polar surface area (TPSA) is 114 Å². The van der Waals surface area contributed by atoms with Crippen LogP contribution in [0.1, 0.15) is 94.4 Å². The first-order valence-electron chi connectivity index (χ1n) is 11.7. The number of aliphatic hydroxyl groups excluding tert-OH is 1. The summed E-state index contributed by atoms with van der Waals surface area (Å²) in [7, 11) is 0. The molecule has 2 amide bonds. The SMILES string of the molecule is CC(C)(C)OC(=O)N[C@@H](CCCCN(CCCCO)C(=O)OC(C)(C)C)C(=O)OC(C)(C)C. The summed E-state index contributed by atoms with van der Waals surface area (Å²) < 4.78 is 16.2. The maximum absolute atomic E-state index is 12.6. The Balaban J connectivity index is 5.02. The van der Waals surface area contributed by atoms with Crippen LogP contribution in [0.25, 0.3) is 0 Å². The minimum Gasteiger partial charge on any atom is -0.458 e. The van der Waals surface area contributed by atoms with Crippen LogP contribution in [0, 0.1) is 0 Å². The molecule has 0 fully saturated rings. The lowest BCUT2D eigenvalue weighted by Gasteiger charge is -2.28. The van der Waals surface area contributed by atoms with Gasteiger partial charge in [0.2, 0.25) is 0 Å². The molecule has 0 aromatic heterocycles. The van der Waals surface area contributed by atoms with Crippen molar-refractivity contribution >= 4 is 18.2 Å². The Hall–Kier alpha value is -2.03. The first kappa shape index (κ1) is 31.0. The molecule has 0 aliphatic rings. The largest absolute Gasteiger partial charge is 0.458 e. The highest BCUT2D eigenvalue weighted by Crippen LogP contribution is 2.15. The molecular formula is C24H46N2O7. The number of rotatable bonds is 11. The normalized spacial score (nSPS) is 13.2. The summed E-state index contributed by atoms with van der Waals surface area (Å²) in [5.41, 5.74) is -1.98. The minimum absolute atomic E-state index is 0.0655. The molecule has 0 bridgehead atoms. The van der Waals surface area contributed by atoms with Crippen LogP contribution in [0.5, 0.6) is 0 Å². The number of ether oxygens (including phenoxy) is 3. The van der Waals surface area contributed by atoms with E-state index in [-0.39, 0.29) is 6.61 Å². The smallest absolute Gasteiger partial charge is 0.410 e. The minimum atomic E-state index is -0.858. The van der Waals surface area contributed by atoms with Gasteiger partial charge in [0.25, 0.3) is 0 Å². The molecule has 0 radical (unpaired) electrons. The highest BCUT2D eigenvalue weighted by atomic mass is 16.6. The van der Waals surface area contributed by atoms with E-state index >= 15 is 0 Å². The van der Waals surface area contributed by atoms with Gasteiger partial charge in [0, 0.05) is 19.7 Å². The number of hydrogen-bond acceptors (Lipinski definition) is 7. The zero-order valence-electron chi connectivity index (χ0n) is 22.1. The van der Waals surface area contributed by atoms with Gasteiger partial charge in [0.1, 0.15) is 22.8 Å². The van der Waals surface area contributed by atoms with E-state index in [0.29, 0.717) is 45.2 Å². The second kappa shape index (κ2) is 13.6. The van der Waals surface area contributed by atoms with Crippen LogP contribution in [-0.4, -0.2) is 70.7 Å². The Morgan fingerprint density at radius 1 is 0.758 bits per heavy atom. The molecule has 9 nitrogen and oxygen atoms in total. The molecule has 0 aromatic carbocycles. The third-order valence-electron chi connectivity index (χ3n) is 4.04. The molecule has 9 heteroatoms. The van der Waals surface area contributed by atoms with Crippen LogP contribution in [-0.2, 0) is 19.0 Å². The molecule has 0 aliphatic carbocycles. The number of unbranched alkanes of at least 4 members (excludes halogenated alkanes) is 2. The van der Waals surface area contributed by atoms with E-state index in [9.17, 15) is 14.4 Å². The van der Waals surface area contributed by atoms with Crippen LogP contribution in [0.15, 0.2) is 0 Å². The van der Waals surface area contributed by atoms with Crippen molar-refractivity contribution in [1.82, 2.24) is 10.2 Å². The monoisotopic (exact) mass is 474 g/mol. The van der Waals surface area contributed by atoms with Gasteiger partial charge in [0.05, 0.1) is 0 Å². The lowest BCUT2D eigenvalue weighted by Crippen LogP contribution is -2.46. The molecule has 0 unspecified atom stereocenters. The highest BCUT2D eigenvalue weighted by molar-refractivity contribution is 5.81. The van der Waals surface area contributed by atoms with Crippen molar-refractivity contribution in [2.75, 3.05) is 19.7 Å². The van der Waals surface area contributed by atoms with Gasteiger partial charge < -0.3 is 29.5 Å². The summed E-state index contributed by atoms with van der Waals surface area (Å²) in [6.45, 7) is 16.9. The molecule has 2 N–H and O–H groups in total. The predicted molar refractivity (Wildman–Crippen MR) is 127 cm³/mol. The molecule has 0 rings (SSSR count). The van der Waals surface area contributed by atoms with Crippen molar-refractivity contribution in [3.63, 3.8) is 0 Å². The Labute approximate surface area is 199 Å². The van der Waals surface area contributed by atoms with E-state index < -0.39 is 41.0 Å². The van der Waals surface area contributed by atoms with Crippen LogP contribution in [0.4, 0.5) is 9.59 Å². The van der Waals surface area contributed by atoms with Gasteiger partial charge >= 0.3 is 18.2 Å². The van der Waals surface area contributed by atoms with Crippen LogP contribution in [0.2, 0.25) is 0 Å². The summed E-state index contributed by atoms with van der Waals surface area (Å²) in [5, 5.41) is 11.6. The quantitative estimate of drug-likeness (QED) is 0.259. The van der Waals surface area contributed by atoms with Crippen molar-refractivity contribution in [2.24, 2.45) is 0 Å². The second-order valence-corrected chi connectivity index (χ2v) is 11.1. The highest BCUT2D eigenvalue weighted by Gasteiger charge is 2.28. The standard InChI is InChI=1S/C24H46N2O7/c1-22(2,3)31-19(28)18(25-20(29)32-23(4,5)6)14-10-11-15-26(16-12-13-17-27)21(30)33-24(7,8)9/h18,27H,10-17H2,1-9H3,(H,25,29)/t18-/m0/s1. The molecule has 0 aliphatic heterocycles. The lowest BCUT2D eigenvalue weighted by atomic mass is 10.1. The summed E-state index contributed by atoms with van der Waals surface area (Å²) >= 11 is 0. The number of alkyl carbamates (subject to hydrolysis) is 1. The molecular weight excluding hydrogens is 428 g/mol. The first-order chi connectivity index (χ1) is 14.9. The van der Waals surface area contributed by atoms with Gasteiger partial charge in [0.15, 0.2) is 0 Å². The van der Waals surface area contributed by atoms with Gasteiger partial charge in [-0.25, -0.2) is 14.4 Å². The number of nitrogens with one attached hydrogen (secondary N) is 1. The number of carbonyl (C=O) groups excluding carboxylic acids is 3. The Morgan fingerprint density at radius 2 is 1.24 bits per heavy atom. The zero-order chi connectivity index (χ0) is 25.9. The van der Waals surface area contributed by atoms with Crippen molar-refractivity contribution in [3.8, 4) is 0 Å². The number of nitrogens with zero attached hydrogens (tertiary/aromatic N) is 1. The van der Waals surface area contributed by atoms with Crippen molar-refractivity contribution < 1.29 is 33.7 Å². The number of carbonyl (C=O) groups is 3. The van der Waals surface area contributed by atoms with E-state index in [2.05, 4.69) is 5.32 Å². The van der Waals surface area contributed by atoms with E-state index in [1.165, 1.54) is 0 Å². The third-order valence-corrected chi connectivity index (χ3v) is 4.04. The van der Waals surface area contributed by atoms with Crippen molar-refractivity contribution in [2.45, 2.75) is 117 Å². The van der Waals surface area contributed by atoms with E-state index in [4.69, 9.17) is 19.3 Å². The summed E-state index contributed by atoms with van der Waals surface area (Å²) in [4.78, 5) is 39.0. The number of hydrogen-bond donors (Lipinski definition) is 2. The van der Waals surface area contributed by atoms with Gasteiger partial charge in [-0.2, -0.15) is 0 Å². The molecule has 0 saturated heterocycles.